The van der Waals surface area contributed by atoms with Crippen LogP contribution in [0, 0.1) is 0 Å². The van der Waals surface area contributed by atoms with E-state index in [0.717, 1.165) is 42.9 Å². The lowest BCUT2D eigenvalue weighted by molar-refractivity contribution is 0.585. The van der Waals surface area contributed by atoms with E-state index in [-0.39, 0.29) is 0 Å². The Balaban J connectivity index is 1.90. The van der Waals surface area contributed by atoms with Gasteiger partial charge in [-0.05, 0) is 18.2 Å². The Bertz CT molecular complexity index is 1010. The van der Waals surface area contributed by atoms with Crippen LogP contribution in [0.2, 0.25) is 0 Å². The summed E-state index contributed by atoms with van der Waals surface area (Å²) < 4.78 is 28.1. The van der Waals surface area contributed by atoms with Crippen molar-refractivity contribution in [2.24, 2.45) is 7.05 Å². The minimum atomic E-state index is -3.57. The van der Waals surface area contributed by atoms with Crippen LogP contribution in [0.15, 0.2) is 58.6 Å². The van der Waals surface area contributed by atoms with Crippen LogP contribution in [-0.2, 0) is 16.9 Å². The molecule has 7 heteroatoms. The number of rotatable bonds is 3. The highest BCUT2D eigenvalue weighted by atomic mass is 32.2. The number of hydrogen-bond donors (Lipinski definition) is 1. The fourth-order valence-electron chi connectivity index (χ4n) is 3.35. The van der Waals surface area contributed by atoms with Gasteiger partial charge in [-0.3, -0.25) is 0 Å². The summed E-state index contributed by atoms with van der Waals surface area (Å²) >= 11 is 0. The van der Waals surface area contributed by atoms with Gasteiger partial charge < -0.3 is 14.8 Å². The highest BCUT2D eigenvalue weighted by Gasteiger charge is 2.25. The number of fused-ring (bicyclic) bond motifs is 1. The summed E-state index contributed by atoms with van der Waals surface area (Å²) in [6.45, 7) is 3.52. The molecule has 2 aromatic heterocycles. The predicted molar refractivity (Wildman–Crippen MR) is 97.7 cm³/mol. The Labute approximate surface area is 147 Å². The van der Waals surface area contributed by atoms with E-state index in [1.54, 1.807) is 42.7 Å². The molecule has 1 N–H and O–H groups in total. The molecule has 4 rings (SSSR count). The van der Waals surface area contributed by atoms with Gasteiger partial charge in [-0.1, -0.05) is 18.2 Å². The van der Waals surface area contributed by atoms with E-state index >= 15 is 0 Å². The molecule has 0 bridgehead atoms. The van der Waals surface area contributed by atoms with Gasteiger partial charge in [0.25, 0.3) is 0 Å². The molecule has 0 spiro atoms. The van der Waals surface area contributed by atoms with Gasteiger partial charge in [0, 0.05) is 51.0 Å². The lowest BCUT2D eigenvalue weighted by Gasteiger charge is -2.29. The van der Waals surface area contributed by atoms with Crippen molar-refractivity contribution < 1.29 is 8.42 Å². The zero-order valence-corrected chi connectivity index (χ0v) is 14.8. The number of sulfone groups is 1. The van der Waals surface area contributed by atoms with Crippen LogP contribution in [0.5, 0.6) is 0 Å². The van der Waals surface area contributed by atoms with E-state index in [0.29, 0.717) is 9.79 Å². The minimum Gasteiger partial charge on any atom is -0.352 e. The summed E-state index contributed by atoms with van der Waals surface area (Å²) in [4.78, 5) is 7.39. The molecule has 3 heterocycles. The molecule has 1 fully saturated rings. The molecule has 130 valence electrons. The van der Waals surface area contributed by atoms with Crippen molar-refractivity contribution in [1.82, 2.24) is 14.9 Å². The zero-order valence-electron chi connectivity index (χ0n) is 14.0. The first-order chi connectivity index (χ1) is 12.1. The van der Waals surface area contributed by atoms with Crippen molar-refractivity contribution in [1.29, 1.82) is 0 Å². The number of piperazine rings is 1. The number of nitrogens with zero attached hydrogens (tertiary/aromatic N) is 3. The van der Waals surface area contributed by atoms with E-state index in [9.17, 15) is 8.42 Å². The number of aromatic nitrogens is 2. The standard InChI is InChI=1S/C18H20N4O2S/c1-21-13-16(25(23,24)14-5-3-2-4-6-14)15-7-8-20-18(17(15)21)22-11-9-19-10-12-22/h2-8,13,19H,9-12H2,1H3. The molecule has 1 aromatic carbocycles. The van der Waals surface area contributed by atoms with Crippen LogP contribution in [0.4, 0.5) is 5.82 Å². The van der Waals surface area contributed by atoms with Crippen molar-refractivity contribution in [2.75, 3.05) is 31.1 Å². The lowest BCUT2D eigenvalue weighted by atomic mass is 10.2. The van der Waals surface area contributed by atoms with E-state index in [1.807, 2.05) is 17.7 Å². The minimum absolute atomic E-state index is 0.308. The molecule has 1 aliphatic heterocycles. The summed E-state index contributed by atoms with van der Waals surface area (Å²) in [5.74, 6) is 0.844. The van der Waals surface area contributed by atoms with Crippen LogP contribution in [0.3, 0.4) is 0 Å². The molecular formula is C18H20N4O2S. The third-order valence-corrected chi connectivity index (χ3v) is 6.39. The summed E-state index contributed by atoms with van der Waals surface area (Å²) in [5.41, 5.74) is 0.860. The first-order valence-electron chi connectivity index (χ1n) is 8.29. The summed E-state index contributed by atoms with van der Waals surface area (Å²) in [5, 5.41) is 4.04. The largest absolute Gasteiger partial charge is 0.352 e. The van der Waals surface area contributed by atoms with Crippen LogP contribution >= 0.6 is 0 Å². The van der Waals surface area contributed by atoms with Gasteiger partial charge >= 0.3 is 0 Å². The van der Waals surface area contributed by atoms with Crippen LogP contribution in [0.1, 0.15) is 0 Å². The lowest BCUT2D eigenvalue weighted by Crippen LogP contribution is -2.44. The van der Waals surface area contributed by atoms with Gasteiger partial charge in [0.15, 0.2) is 5.82 Å². The second-order valence-corrected chi connectivity index (χ2v) is 8.11. The second-order valence-electron chi connectivity index (χ2n) is 6.19. The smallest absolute Gasteiger partial charge is 0.208 e. The van der Waals surface area contributed by atoms with E-state index in [4.69, 9.17) is 0 Å². The fraction of sp³-hybridized carbons (Fsp3) is 0.278. The maximum Gasteiger partial charge on any atom is 0.208 e. The van der Waals surface area contributed by atoms with Crippen molar-refractivity contribution in [3.63, 3.8) is 0 Å². The van der Waals surface area contributed by atoms with E-state index in [2.05, 4.69) is 15.2 Å². The number of aryl methyl sites for hydroxylation is 1. The second kappa shape index (κ2) is 6.16. The highest BCUT2D eigenvalue weighted by molar-refractivity contribution is 7.91. The van der Waals surface area contributed by atoms with Crippen molar-refractivity contribution in [3.05, 3.63) is 48.8 Å². The molecule has 0 radical (unpaired) electrons. The van der Waals surface area contributed by atoms with Crippen LogP contribution < -0.4 is 10.2 Å². The molecule has 0 aliphatic carbocycles. The molecular weight excluding hydrogens is 336 g/mol. The number of hydrogen-bond acceptors (Lipinski definition) is 5. The normalized spacial score (nSPS) is 15.6. The number of anilines is 1. The van der Waals surface area contributed by atoms with Gasteiger partial charge in [0.2, 0.25) is 9.84 Å². The molecule has 6 nitrogen and oxygen atoms in total. The van der Waals surface area contributed by atoms with Crippen LogP contribution in [-0.4, -0.2) is 44.1 Å². The van der Waals surface area contributed by atoms with Crippen molar-refractivity contribution in [2.45, 2.75) is 9.79 Å². The average molecular weight is 356 g/mol. The van der Waals surface area contributed by atoms with Gasteiger partial charge in [-0.15, -0.1) is 0 Å². The Morgan fingerprint density at radius 2 is 1.80 bits per heavy atom. The number of pyridine rings is 1. The molecule has 0 unspecified atom stereocenters. The topological polar surface area (TPSA) is 67.2 Å². The summed E-state index contributed by atoms with van der Waals surface area (Å²) in [6.07, 6.45) is 3.39. The highest BCUT2D eigenvalue weighted by Crippen LogP contribution is 2.33. The quantitative estimate of drug-likeness (QED) is 0.775. The molecule has 0 amide bonds. The third-order valence-electron chi connectivity index (χ3n) is 4.59. The molecule has 3 aromatic rings. The van der Waals surface area contributed by atoms with Gasteiger partial charge in [0.1, 0.15) is 0 Å². The van der Waals surface area contributed by atoms with E-state index < -0.39 is 9.84 Å². The van der Waals surface area contributed by atoms with Gasteiger partial charge in [-0.25, -0.2) is 13.4 Å². The first-order valence-corrected chi connectivity index (χ1v) is 9.77. The predicted octanol–water partition coefficient (Wildman–Crippen LogP) is 1.82. The van der Waals surface area contributed by atoms with E-state index in [1.165, 1.54) is 0 Å². The molecule has 0 atom stereocenters. The van der Waals surface area contributed by atoms with Gasteiger partial charge in [-0.2, -0.15) is 0 Å². The molecule has 0 saturated carbocycles. The Morgan fingerprint density at radius 1 is 1.08 bits per heavy atom. The maximum atomic E-state index is 13.1. The average Bonchev–Trinajstić information content (AvgIpc) is 3.01. The monoisotopic (exact) mass is 356 g/mol. The van der Waals surface area contributed by atoms with Gasteiger partial charge in [0.05, 0.1) is 15.3 Å². The SMILES string of the molecule is Cn1cc(S(=O)(=O)c2ccccc2)c2ccnc(N3CCNCC3)c21. The molecule has 1 saturated heterocycles. The third kappa shape index (κ3) is 2.69. The Hall–Kier alpha value is -2.38. The molecule has 25 heavy (non-hydrogen) atoms. The van der Waals surface area contributed by atoms with Crippen LogP contribution in [0.25, 0.3) is 10.9 Å². The number of nitrogens with one attached hydrogen (secondary N) is 1. The number of benzene rings is 1. The molecule has 1 aliphatic rings. The zero-order chi connectivity index (χ0) is 17.4. The summed E-state index contributed by atoms with van der Waals surface area (Å²) in [6, 6.07) is 10.3. The van der Waals surface area contributed by atoms with Crippen molar-refractivity contribution >= 4 is 26.6 Å². The Morgan fingerprint density at radius 3 is 2.52 bits per heavy atom. The fourth-order valence-corrected chi connectivity index (χ4v) is 4.87. The summed E-state index contributed by atoms with van der Waals surface area (Å²) in [7, 11) is -1.70. The maximum absolute atomic E-state index is 13.1. The first kappa shape index (κ1) is 16.1. The Kier molecular flexibility index (Phi) is 3.97. The van der Waals surface area contributed by atoms with Crippen molar-refractivity contribution in [3.8, 4) is 0 Å².